The van der Waals surface area contributed by atoms with Gasteiger partial charge in [0.1, 0.15) is 17.3 Å². The van der Waals surface area contributed by atoms with Gasteiger partial charge >= 0.3 is 0 Å². The van der Waals surface area contributed by atoms with E-state index in [1.165, 1.54) is 18.2 Å². The van der Waals surface area contributed by atoms with E-state index in [0.717, 1.165) is 12.1 Å². The Morgan fingerprint density at radius 1 is 1.21 bits per heavy atom. The molecule has 24 heavy (non-hydrogen) atoms. The Morgan fingerprint density at radius 3 is 2.75 bits per heavy atom. The van der Waals surface area contributed by atoms with Gasteiger partial charge in [-0.25, -0.2) is 13.2 Å². The molecule has 1 N–H and O–H groups in total. The molecule has 2 aromatic rings. The van der Waals surface area contributed by atoms with E-state index in [9.17, 15) is 18.3 Å². The fourth-order valence-corrected chi connectivity index (χ4v) is 3.73. The molecule has 2 unspecified atom stereocenters. The van der Waals surface area contributed by atoms with E-state index in [0.29, 0.717) is 11.1 Å². The van der Waals surface area contributed by atoms with Crippen LogP contribution in [0.3, 0.4) is 0 Å². The molecule has 0 amide bonds. The minimum Gasteiger partial charge on any atom is -0.457 e. The molecule has 2 aliphatic rings. The van der Waals surface area contributed by atoms with Crippen LogP contribution in [0.1, 0.15) is 47.1 Å². The van der Waals surface area contributed by atoms with Crippen molar-refractivity contribution < 1.29 is 23.0 Å². The summed E-state index contributed by atoms with van der Waals surface area (Å²) in [6, 6.07) is 8.03. The van der Waals surface area contributed by atoms with E-state index in [2.05, 4.69) is 0 Å². The van der Waals surface area contributed by atoms with Crippen LogP contribution in [0.5, 0.6) is 11.5 Å². The van der Waals surface area contributed by atoms with E-state index >= 15 is 0 Å². The topological polar surface area (TPSA) is 53.2 Å². The number of rotatable bonds is 2. The summed E-state index contributed by atoms with van der Waals surface area (Å²) in [4.78, 5) is 0. The van der Waals surface area contributed by atoms with Crippen LogP contribution in [0.25, 0.3) is 0 Å². The molecule has 0 fully saturated rings. The molecule has 2 aliphatic carbocycles. The van der Waals surface area contributed by atoms with Gasteiger partial charge in [0.25, 0.3) is 5.92 Å². The Morgan fingerprint density at radius 2 is 2.00 bits per heavy atom. The number of halogens is 3. The van der Waals surface area contributed by atoms with Crippen LogP contribution in [-0.2, 0) is 5.92 Å². The lowest BCUT2D eigenvalue weighted by Crippen LogP contribution is -2.10. The summed E-state index contributed by atoms with van der Waals surface area (Å²) in [6.45, 7) is 0. The van der Waals surface area contributed by atoms with E-state index in [1.54, 1.807) is 0 Å². The van der Waals surface area contributed by atoms with E-state index in [1.807, 2.05) is 6.07 Å². The number of nitrogens with zero attached hydrogens (tertiary/aromatic N) is 1. The largest absolute Gasteiger partial charge is 0.457 e. The first-order valence-corrected chi connectivity index (χ1v) is 7.51. The number of benzene rings is 2. The molecule has 0 aromatic heterocycles. The highest BCUT2D eigenvalue weighted by atomic mass is 19.3. The minimum atomic E-state index is -2.90. The fraction of sp³-hybridized carbons (Fsp3) is 0.278. The van der Waals surface area contributed by atoms with Crippen molar-refractivity contribution in [2.45, 2.75) is 30.8 Å². The molecule has 0 heterocycles. The molecule has 0 saturated carbocycles. The summed E-state index contributed by atoms with van der Waals surface area (Å²) in [7, 11) is 0. The monoisotopic (exact) mass is 331 g/mol. The smallest absolute Gasteiger partial charge is 0.274 e. The Bertz CT molecular complexity index is 889. The molecule has 2 atom stereocenters. The average Bonchev–Trinajstić information content (AvgIpc) is 2.95. The van der Waals surface area contributed by atoms with Crippen molar-refractivity contribution >= 4 is 0 Å². The molecular formula is C18H12F3NO2. The maximum atomic E-state index is 14.0. The summed E-state index contributed by atoms with van der Waals surface area (Å²) in [5, 5.41) is 19.1. The van der Waals surface area contributed by atoms with E-state index in [-0.39, 0.29) is 35.5 Å². The van der Waals surface area contributed by atoms with E-state index in [4.69, 9.17) is 10.00 Å². The molecule has 6 heteroatoms. The molecule has 0 bridgehead atoms. The van der Waals surface area contributed by atoms with Gasteiger partial charge in [-0.15, -0.1) is 0 Å². The zero-order chi connectivity index (χ0) is 17.1. The molecule has 2 aromatic carbocycles. The number of hydrogen-bond acceptors (Lipinski definition) is 3. The van der Waals surface area contributed by atoms with Crippen molar-refractivity contribution in [1.82, 2.24) is 0 Å². The molecule has 0 radical (unpaired) electrons. The normalized spacial score (nSPS) is 23.0. The molecule has 0 spiro atoms. The number of ether oxygens (including phenoxy) is 1. The van der Waals surface area contributed by atoms with Crippen molar-refractivity contribution in [2.24, 2.45) is 0 Å². The van der Waals surface area contributed by atoms with Crippen molar-refractivity contribution in [3.8, 4) is 17.6 Å². The van der Waals surface area contributed by atoms with E-state index < -0.39 is 23.8 Å². The predicted octanol–water partition coefficient (Wildman–Crippen LogP) is 4.51. The summed E-state index contributed by atoms with van der Waals surface area (Å²) in [6.07, 6.45) is -0.973. The molecule has 3 nitrogen and oxygen atoms in total. The Hall–Kier alpha value is -2.52. The van der Waals surface area contributed by atoms with Crippen LogP contribution in [0.15, 0.2) is 30.3 Å². The van der Waals surface area contributed by atoms with Crippen LogP contribution in [0.2, 0.25) is 0 Å². The summed E-state index contributed by atoms with van der Waals surface area (Å²) in [5.74, 6) is -3.63. The lowest BCUT2D eigenvalue weighted by atomic mass is 10.0. The van der Waals surface area contributed by atoms with Crippen molar-refractivity contribution in [2.75, 3.05) is 0 Å². The van der Waals surface area contributed by atoms with Crippen LogP contribution in [0.4, 0.5) is 13.2 Å². The van der Waals surface area contributed by atoms with Gasteiger partial charge in [-0.05, 0) is 42.2 Å². The number of hydrogen-bond donors (Lipinski definition) is 1. The average molecular weight is 331 g/mol. The van der Waals surface area contributed by atoms with Crippen molar-refractivity contribution in [3.63, 3.8) is 0 Å². The predicted molar refractivity (Wildman–Crippen MR) is 78.5 cm³/mol. The molecule has 4 rings (SSSR count). The highest BCUT2D eigenvalue weighted by Crippen LogP contribution is 2.59. The number of aliphatic hydroxyl groups excluding tert-OH is 1. The lowest BCUT2D eigenvalue weighted by Gasteiger charge is -2.17. The van der Waals surface area contributed by atoms with Crippen molar-refractivity contribution in [1.29, 1.82) is 5.26 Å². The number of alkyl halides is 2. The summed E-state index contributed by atoms with van der Waals surface area (Å²) in [5.41, 5.74) is 0.815. The van der Waals surface area contributed by atoms with Gasteiger partial charge in [-0.1, -0.05) is 0 Å². The Balaban J connectivity index is 1.80. The van der Waals surface area contributed by atoms with Crippen molar-refractivity contribution in [3.05, 3.63) is 58.4 Å². The van der Waals surface area contributed by atoms with Crippen LogP contribution >= 0.6 is 0 Å². The SMILES string of the molecule is N#Cc1cc(F)cc(Oc2ccc3c4c2C(O)CC4CC3(F)F)c1. The third-order valence-corrected chi connectivity index (χ3v) is 4.62. The first-order chi connectivity index (χ1) is 11.4. The minimum absolute atomic E-state index is 0.0663. The summed E-state index contributed by atoms with van der Waals surface area (Å²) >= 11 is 0. The first-order valence-electron chi connectivity index (χ1n) is 7.51. The van der Waals surface area contributed by atoms with Gasteiger partial charge in [0.2, 0.25) is 0 Å². The second kappa shape index (κ2) is 4.99. The van der Waals surface area contributed by atoms with Gasteiger partial charge in [0.05, 0.1) is 17.7 Å². The Kier molecular flexibility index (Phi) is 3.12. The van der Waals surface area contributed by atoms with Gasteiger partial charge in [0.15, 0.2) is 0 Å². The Labute approximate surface area is 135 Å². The van der Waals surface area contributed by atoms with Gasteiger partial charge in [-0.2, -0.15) is 5.26 Å². The maximum absolute atomic E-state index is 14.0. The third kappa shape index (κ3) is 2.16. The lowest BCUT2D eigenvalue weighted by molar-refractivity contribution is -0.0101. The standard InChI is InChI=1S/C18H12F3NO2/c19-11-3-9(8-22)4-12(6-11)24-15-2-1-13-16-10(7-18(13,20)21)5-14(23)17(15)16/h1-4,6,10,14,23H,5,7H2. The maximum Gasteiger partial charge on any atom is 0.274 e. The zero-order valence-corrected chi connectivity index (χ0v) is 12.4. The van der Waals surface area contributed by atoms with Gasteiger partial charge < -0.3 is 9.84 Å². The molecule has 122 valence electrons. The quantitative estimate of drug-likeness (QED) is 0.881. The first kappa shape index (κ1) is 15.0. The highest BCUT2D eigenvalue weighted by molar-refractivity contribution is 5.56. The molecule has 0 aliphatic heterocycles. The van der Waals surface area contributed by atoms with Gasteiger partial charge in [-0.3, -0.25) is 0 Å². The van der Waals surface area contributed by atoms with Crippen LogP contribution < -0.4 is 4.74 Å². The number of nitriles is 1. The van der Waals surface area contributed by atoms with Gasteiger partial charge in [0, 0.05) is 23.6 Å². The zero-order valence-electron chi connectivity index (χ0n) is 12.4. The third-order valence-electron chi connectivity index (χ3n) is 4.62. The highest BCUT2D eigenvalue weighted by Gasteiger charge is 2.51. The second-order valence-corrected chi connectivity index (χ2v) is 6.19. The second-order valence-electron chi connectivity index (χ2n) is 6.19. The van der Waals surface area contributed by atoms with Crippen LogP contribution in [0, 0.1) is 17.1 Å². The number of aliphatic hydroxyl groups is 1. The van der Waals surface area contributed by atoms with Crippen LogP contribution in [-0.4, -0.2) is 5.11 Å². The molecule has 0 saturated heterocycles. The molecular weight excluding hydrogens is 319 g/mol. The fourth-order valence-electron chi connectivity index (χ4n) is 3.73. The summed E-state index contributed by atoms with van der Waals surface area (Å²) < 4.78 is 47.2.